The zero-order valence-electron chi connectivity index (χ0n) is 43.6. The topological polar surface area (TPSA) is 262 Å². The molecule has 20 nitrogen and oxygen atoms in total. The largest absolute Gasteiger partial charge is 0.484 e. The van der Waals surface area contributed by atoms with E-state index in [0.29, 0.717) is 75.9 Å². The third-order valence-electron chi connectivity index (χ3n) is 14.5. The molecule has 0 bridgehead atoms. The summed E-state index contributed by atoms with van der Waals surface area (Å²) in [5.41, 5.74) is 0.522. The van der Waals surface area contributed by atoms with E-state index in [0.717, 1.165) is 0 Å². The van der Waals surface area contributed by atoms with E-state index in [4.69, 9.17) is 9.47 Å². The molecule has 6 amide bonds. The van der Waals surface area contributed by atoms with Gasteiger partial charge in [0, 0.05) is 40.2 Å². The van der Waals surface area contributed by atoms with Crippen molar-refractivity contribution < 1.29 is 61.7 Å². The standard InChI is InChI=1S/C50H81N7O13S/c1-12-31(6)44(55(10)49(64)42(29(2)3)52-48(63)43(30(4)5)54(8)9)39(69-11)27-40(58)57-23-13-14-38(57)45(60)32(7)46(61)51-37(47(62)53-71(67,68)36-19-20-36)26-33-15-17-35(18-16-33)70-28-41(59)56-24-21-34(22-25-56)50(65)66/h15-18,29-32,34,36-39,42-45,60H,12-14,19-28H2,1-11H3,(H,51,61)(H,52,63)(H,53,62)(H,65,66)/t31-,32+,37-,38-,39+,42-,43-,44-,45+/m0/s1. The number of aliphatic hydroxyl groups is 1. The third-order valence-corrected chi connectivity index (χ3v) is 16.3. The Balaban J connectivity index is 1.45. The van der Waals surface area contributed by atoms with Gasteiger partial charge in [-0.05, 0) is 88.1 Å². The summed E-state index contributed by atoms with van der Waals surface area (Å²) in [6.07, 6.45) is 0.637. The molecule has 5 N–H and O–H groups in total. The zero-order valence-corrected chi connectivity index (χ0v) is 44.4. The number of carbonyl (C=O) groups excluding carboxylic acids is 6. The van der Waals surface area contributed by atoms with Crippen LogP contribution in [0, 0.1) is 29.6 Å². The molecule has 4 rings (SSSR count). The molecule has 0 unspecified atom stereocenters. The van der Waals surface area contributed by atoms with Crippen LogP contribution in [-0.4, -0.2) is 182 Å². The van der Waals surface area contributed by atoms with Crippen LogP contribution in [0.4, 0.5) is 0 Å². The molecule has 2 heterocycles. The minimum absolute atomic E-state index is 0.0113. The van der Waals surface area contributed by atoms with Crippen LogP contribution in [0.3, 0.4) is 0 Å². The predicted molar refractivity (Wildman–Crippen MR) is 265 cm³/mol. The summed E-state index contributed by atoms with van der Waals surface area (Å²) < 4.78 is 39.5. The molecule has 1 aromatic rings. The van der Waals surface area contributed by atoms with E-state index in [-0.39, 0.29) is 60.8 Å². The van der Waals surface area contributed by atoms with E-state index < -0.39 is 87.3 Å². The van der Waals surface area contributed by atoms with Crippen LogP contribution >= 0.6 is 0 Å². The lowest BCUT2D eigenvalue weighted by Gasteiger charge is -2.41. The monoisotopic (exact) mass is 1020 g/mol. The van der Waals surface area contributed by atoms with Crippen LogP contribution in [0.25, 0.3) is 0 Å². The lowest BCUT2D eigenvalue weighted by Crippen LogP contribution is -2.59. The van der Waals surface area contributed by atoms with Gasteiger partial charge in [-0.2, -0.15) is 0 Å². The number of sulfonamides is 1. The number of aliphatic carboxylic acids is 1. The fourth-order valence-electron chi connectivity index (χ4n) is 9.82. The normalized spacial score (nSPS) is 20.1. The number of likely N-dealkylation sites (tertiary alicyclic amines) is 2. The first-order valence-corrected chi connectivity index (χ1v) is 26.7. The number of piperidine rings is 1. The summed E-state index contributed by atoms with van der Waals surface area (Å²) in [7, 11) is 2.77. The maximum Gasteiger partial charge on any atom is 0.306 e. The summed E-state index contributed by atoms with van der Waals surface area (Å²) in [5.74, 6) is -5.49. The van der Waals surface area contributed by atoms with Crippen LogP contribution in [0.2, 0.25) is 0 Å². The van der Waals surface area contributed by atoms with E-state index in [1.165, 1.54) is 18.9 Å². The second-order valence-electron chi connectivity index (χ2n) is 20.7. The van der Waals surface area contributed by atoms with Crippen LogP contribution in [0.1, 0.15) is 105 Å². The maximum absolute atomic E-state index is 14.3. The molecule has 0 radical (unpaired) electrons. The highest BCUT2D eigenvalue weighted by molar-refractivity contribution is 7.90. The molecular formula is C50H81N7O13S. The Bertz CT molecular complexity index is 2100. The smallest absolute Gasteiger partial charge is 0.306 e. The Hall–Kier alpha value is -4.86. The Morgan fingerprint density at radius 3 is 1.96 bits per heavy atom. The van der Waals surface area contributed by atoms with Gasteiger partial charge < -0.3 is 45.0 Å². The number of hydrogen-bond acceptors (Lipinski definition) is 13. The average Bonchev–Trinajstić information content (AvgIpc) is 4.08. The summed E-state index contributed by atoms with van der Waals surface area (Å²) in [5, 5.41) is 26.0. The van der Waals surface area contributed by atoms with E-state index in [2.05, 4.69) is 15.4 Å². The molecule has 1 aromatic carbocycles. The first-order valence-electron chi connectivity index (χ1n) is 25.1. The van der Waals surface area contributed by atoms with Gasteiger partial charge in [0.25, 0.3) is 11.8 Å². The second-order valence-corrected chi connectivity index (χ2v) is 22.6. The molecule has 400 valence electrons. The predicted octanol–water partition coefficient (Wildman–Crippen LogP) is 2.02. The van der Waals surface area contributed by atoms with Crippen molar-refractivity contribution in [3.8, 4) is 5.75 Å². The Labute approximate surface area is 420 Å². The highest BCUT2D eigenvalue weighted by Crippen LogP contribution is 2.30. The van der Waals surface area contributed by atoms with Gasteiger partial charge in [0.2, 0.25) is 33.7 Å². The molecule has 2 aliphatic heterocycles. The number of aliphatic hydroxyl groups excluding tert-OH is 1. The van der Waals surface area contributed by atoms with Gasteiger partial charge in [-0.3, -0.25) is 43.2 Å². The number of carbonyl (C=O) groups is 7. The minimum Gasteiger partial charge on any atom is -0.484 e. The summed E-state index contributed by atoms with van der Waals surface area (Å²) in [6, 6.07) is 2.31. The number of carboxylic acids is 1. The molecule has 0 aromatic heterocycles. The Kier molecular flexibility index (Phi) is 21.7. The molecule has 2 saturated heterocycles. The number of carboxylic acid groups (broad SMARTS) is 1. The van der Waals surface area contributed by atoms with Crippen molar-refractivity contribution in [1.29, 1.82) is 0 Å². The SMILES string of the molecule is CC[C@H](C)[C@@H]([C@@H](CC(=O)N1CCC[C@H]1[C@H](O)[C@@H](C)C(=O)N[C@@H](Cc1ccc(OCC(=O)N2CCC(C(=O)O)CC2)cc1)C(=O)NS(=O)(=O)C1CC1)OC)N(C)C(=O)[C@@H](NC(=O)[C@H](C(C)C)N(C)C)C(C)C. The van der Waals surface area contributed by atoms with Gasteiger partial charge >= 0.3 is 5.97 Å². The van der Waals surface area contributed by atoms with Gasteiger partial charge in [0.05, 0.1) is 53.8 Å². The number of ether oxygens (including phenoxy) is 2. The van der Waals surface area contributed by atoms with Crippen molar-refractivity contribution in [3.05, 3.63) is 29.8 Å². The molecular weight excluding hydrogens is 939 g/mol. The Morgan fingerprint density at radius 2 is 1.44 bits per heavy atom. The van der Waals surface area contributed by atoms with Crippen LogP contribution in [-0.2, 0) is 54.7 Å². The first kappa shape index (κ1) is 58.7. The molecule has 1 saturated carbocycles. The van der Waals surface area contributed by atoms with Crippen molar-refractivity contribution in [1.82, 2.24) is 35.0 Å². The van der Waals surface area contributed by atoms with Gasteiger partial charge in [0.15, 0.2) is 6.61 Å². The maximum atomic E-state index is 14.3. The molecule has 0 spiro atoms. The molecule has 9 atom stereocenters. The van der Waals surface area contributed by atoms with E-state index in [1.54, 1.807) is 41.1 Å². The van der Waals surface area contributed by atoms with Crippen LogP contribution in [0.5, 0.6) is 5.75 Å². The summed E-state index contributed by atoms with van der Waals surface area (Å²) in [6.45, 7) is 13.7. The van der Waals surface area contributed by atoms with Crippen molar-refractivity contribution in [2.75, 3.05) is 54.5 Å². The lowest BCUT2D eigenvalue weighted by atomic mass is 9.89. The van der Waals surface area contributed by atoms with Gasteiger partial charge in [0.1, 0.15) is 17.8 Å². The van der Waals surface area contributed by atoms with Gasteiger partial charge in [-0.15, -0.1) is 0 Å². The second kappa shape index (κ2) is 26.2. The van der Waals surface area contributed by atoms with Crippen LogP contribution in [0.15, 0.2) is 24.3 Å². The number of methoxy groups -OCH3 is 1. The number of benzene rings is 1. The average molecular weight is 1020 g/mol. The van der Waals surface area contributed by atoms with Crippen molar-refractivity contribution in [2.45, 2.75) is 154 Å². The fraction of sp³-hybridized carbons (Fsp3) is 0.740. The van der Waals surface area contributed by atoms with E-state index >= 15 is 0 Å². The molecule has 1 aliphatic carbocycles. The lowest BCUT2D eigenvalue weighted by molar-refractivity contribution is -0.147. The number of rotatable bonds is 26. The molecule has 3 aliphatic rings. The number of nitrogens with one attached hydrogen (secondary N) is 3. The van der Waals surface area contributed by atoms with Crippen LogP contribution < -0.4 is 20.1 Å². The number of amides is 6. The highest BCUT2D eigenvalue weighted by Gasteiger charge is 2.44. The fourth-order valence-corrected chi connectivity index (χ4v) is 11.2. The highest BCUT2D eigenvalue weighted by atomic mass is 32.2. The quantitative estimate of drug-likeness (QED) is 0.0890. The molecule has 3 fully saturated rings. The van der Waals surface area contributed by atoms with Gasteiger partial charge in [-0.25, -0.2) is 8.42 Å². The molecule has 71 heavy (non-hydrogen) atoms. The summed E-state index contributed by atoms with van der Waals surface area (Å²) >= 11 is 0. The van der Waals surface area contributed by atoms with Crippen molar-refractivity contribution >= 4 is 51.4 Å². The number of likely N-dealkylation sites (N-methyl/N-ethyl adjacent to an activating group) is 2. The van der Waals surface area contributed by atoms with Crippen molar-refractivity contribution in [2.24, 2.45) is 29.6 Å². The number of hydrogen-bond donors (Lipinski definition) is 5. The third kappa shape index (κ3) is 15.8. The minimum atomic E-state index is -4.00. The van der Waals surface area contributed by atoms with E-state index in [9.17, 15) is 52.2 Å². The first-order chi connectivity index (χ1) is 33.3. The summed E-state index contributed by atoms with van der Waals surface area (Å²) in [4.78, 5) is 100. The van der Waals surface area contributed by atoms with E-state index in [1.807, 2.05) is 60.5 Å². The van der Waals surface area contributed by atoms with Crippen molar-refractivity contribution in [3.63, 3.8) is 0 Å². The number of nitrogens with zero attached hydrogens (tertiary/aromatic N) is 4. The zero-order chi connectivity index (χ0) is 53.1. The molecule has 21 heteroatoms. The van der Waals surface area contributed by atoms with Gasteiger partial charge in [-0.1, -0.05) is 67.0 Å². The Morgan fingerprint density at radius 1 is 0.817 bits per heavy atom.